The summed E-state index contributed by atoms with van der Waals surface area (Å²) in [5.41, 5.74) is 0.999. The predicted octanol–water partition coefficient (Wildman–Crippen LogP) is 2.29. The minimum Gasteiger partial charge on any atom is -0.445 e. The molecule has 21 heavy (non-hydrogen) atoms. The van der Waals surface area contributed by atoms with Crippen molar-refractivity contribution in [2.24, 2.45) is 0 Å². The number of benzene rings is 1. The van der Waals surface area contributed by atoms with Crippen LogP contribution in [0.3, 0.4) is 0 Å². The average Bonchev–Trinajstić information content (AvgIpc) is 2.54. The summed E-state index contributed by atoms with van der Waals surface area (Å²) in [5.74, 6) is 0. The molecule has 0 unspecified atom stereocenters. The van der Waals surface area contributed by atoms with Gasteiger partial charge in [0.1, 0.15) is 6.61 Å². The van der Waals surface area contributed by atoms with E-state index in [1.807, 2.05) is 30.3 Å². The van der Waals surface area contributed by atoms with Crippen molar-refractivity contribution in [3.8, 4) is 6.07 Å². The molecule has 1 amide bonds. The number of hydrogen-bond donors (Lipinski definition) is 1. The number of likely N-dealkylation sites (tertiary alicyclic amines) is 1. The van der Waals surface area contributed by atoms with Gasteiger partial charge in [-0.3, -0.25) is 0 Å². The highest BCUT2D eigenvalue weighted by Gasteiger charge is 2.23. The SMILES string of the molecule is N#CCCNC1CCN(C(=O)OCc2ccccc2)CC1. The van der Waals surface area contributed by atoms with Crippen molar-refractivity contribution >= 4 is 6.09 Å². The number of carbonyl (C=O) groups excluding carboxylic acids is 1. The lowest BCUT2D eigenvalue weighted by Crippen LogP contribution is -2.45. The molecule has 1 aromatic rings. The molecule has 5 heteroatoms. The standard InChI is InChI=1S/C16H21N3O2/c17-9-4-10-18-15-7-11-19(12-8-15)16(20)21-13-14-5-2-1-3-6-14/h1-3,5-6,15,18H,4,7-8,10-13H2. The molecule has 1 aliphatic rings. The van der Waals surface area contributed by atoms with E-state index in [2.05, 4.69) is 11.4 Å². The van der Waals surface area contributed by atoms with E-state index in [9.17, 15) is 4.79 Å². The maximum Gasteiger partial charge on any atom is 0.410 e. The molecule has 1 saturated heterocycles. The van der Waals surface area contributed by atoms with Crippen molar-refractivity contribution < 1.29 is 9.53 Å². The van der Waals surface area contributed by atoms with Gasteiger partial charge in [-0.05, 0) is 18.4 Å². The normalized spacial score (nSPS) is 15.5. The average molecular weight is 287 g/mol. The van der Waals surface area contributed by atoms with Crippen LogP contribution >= 0.6 is 0 Å². The molecule has 1 heterocycles. The van der Waals surface area contributed by atoms with E-state index < -0.39 is 0 Å². The number of ether oxygens (including phenoxy) is 1. The summed E-state index contributed by atoms with van der Waals surface area (Å²) in [7, 11) is 0. The van der Waals surface area contributed by atoms with Crippen molar-refractivity contribution in [3.63, 3.8) is 0 Å². The van der Waals surface area contributed by atoms with Crippen molar-refractivity contribution in [2.45, 2.75) is 31.9 Å². The number of piperidine rings is 1. The van der Waals surface area contributed by atoms with Crippen LogP contribution in [0.4, 0.5) is 4.79 Å². The largest absolute Gasteiger partial charge is 0.445 e. The van der Waals surface area contributed by atoms with Crippen LogP contribution in [-0.2, 0) is 11.3 Å². The van der Waals surface area contributed by atoms with Crippen LogP contribution in [0.1, 0.15) is 24.8 Å². The van der Waals surface area contributed by atoms with Gasteiger partial charge in [0.25, 0.3) is 0 Å². The lowest BCUT2D eigenvalue weighted by molar-refractivity contribution is 0.0854. The molecule has 0 saturated carbocycles. The Kier molecular flexibility index (Phi) is 6.04. The van der Waals surface area contributed by atoms with E-state index >= 15 is 0 Å². The number of nitrogens with zero attached hydrogens (tertiary/aromatic N) is 2. The Hall–Kier alpha value is -2.06. The Morgan fingerprint density at radius 2 is 2.05 bits per heavy atom. The molecular weight excluding hydrogens is 266 g/mol. The van der Waals surface area contributed by atoms with Gasteiger partial charge in [0.15, 0.2) is 0 Å². The minimum atomic E-state index is -0.241. The highest BCUT2D eigenvalue weighted by Crippen LogP contribution is 2.12. The monoisotopic (exact) mass is 287 g/mol. The van der Waals surface area contributed by atoms with E-state index in [1.165, 1.54) is 0 Å². The number of nitriles is 1. The topological polar surface area (TPSA) is 65.4 Å². The summed E-state index contributed by atoms with van der Waals surface area (Å²) in [4.78, 5) is 13.7. The highest BCUT2D eigenvalue weighted by atomic mass is 16.6. The third-order valence-electron chi connectivity index (χ3n) is 3.63. The van der Waals surface area contributed by atoms with Gasteiger partial charge in [0.05, 0.1) is 6.07 Å². The molecular formula is C16H21N3O2. The molecule has 5 nitrogen and oxygen atoms in total. The van der Waals surface area contributed by atoms with Gasteiger partial charge in [-0.1, -0.05) is 30.3 Å². The second-order valence-electron chi connectivity index (χ2n) is 5.16. The zero-order valence-electron chi connectivity index (χ0n) is 12.1. The zero-order valence-corrected chi connectivity index (χ0v) is 12.1. The van der Waals surface area contributed by atoms with Gasteiger partial charge in [-0.2, -0.15) is 5.26 Å². The molecule has 0 aliphatic carbocycles. The van der Waals surface area contributed by atoms with Crippen LogP contribution in [0.5, 0.6) is 0 Å². The number of rotatable bonds is 5. The summed E-state index contributed by atoms with van der Waals surface area (Å²) in [6, 6.07) is 12.2. The Labute approximate surface area is 125 Å². The molecule has 0 bridgehead atoms. The minimum absolute atomic E-state index is 0.241. The van der Waals surface area contributed by atoms with Crippen molar-refractivity contribution in [3.05, 3.63) is 35.9 Å². The highest BCUT2D eigenvalue weighted by molar-refractivity contribution is 5.67. The van der Waals surface area contributed by atoms with E-state index in [-0.39, 0.29) is 6.09 Å². The lowest BCUT2D eigenvalue weighted by Gasteiger charge is -2.31. The van der Waals surface area contributed by atoms with Crippen molar-refractivity contribution in [1.29, 1.82) is 5.26 Å². The second kappa shape index (κ2) is 8.28. The van der Waals surface area contributed by atoms with Crippen LogP contribution in [0.25, 0.3) is 0 Å². The Bertz CT molecular complexity index is 476. The van der Waals surface area contributed by atoms with Crippen molar-refractivity contribution in [2.75, 3.05) is 19.6 Å². The van der Waals surface area contributed by atoms with E-state index in [0.29, 0.717) is 32.2 Å². The maximum absolute atomic E-state index is 12.0. The van der Waals surface area contributed by atoms with Crippen LogP contribution < -0.4 is 5.32 Å². The Balaban J connectivity index is 1.67. The summed E-state index contributed by atoms with van der Waals surface area (Å²) in [6.45, 7) is 2.45. The first-order chi connectivity index (χ1) is 10.3. The predicted molar refractivity (Wildman–Crippen MR) is 79.5 cm³/mol. The first-order valence-electron chi connectivity index (χ1n) is 7.35. The molecule has 0 spiro atoms. The molecule has 0 aromatic heterocycles. The molecule has 2 rings (SSSR count). The van der Waals surface area contributed by atoms with Crippen LogP contribution in [0, 0.1) is 11.3 Å². The second-order valence-corrected chi connectivity index (χ2v) is 5.16. The molecule has 112 valence electrons. The quantitative estimate of drug-likeness (QED) is 0.844. The van der Waals surface area contributed by atoms with E-state index in [4.69, 9.17) is 10.00 Å². The van der Waals surface area contributed by atoms with Gasteiger partial charge >= 0.3 is 6.09 Å². The fourth-order valence-corrected chi connectivity index (χ4v) is 2.41. The molecule has 1 N–H and O–H groups in total. The summed E-state index contributed by atoms with van der Waals surface area (Å²) >= 11 is 0. The van der Waals surface area contributed by atoms with E-state index in [0.717, 1.165) is 24.9 Å². The fourth-order valence-electron chi connectivity index (χ4n) is 2.41. The van der Waals surface area contributed by atoms with Crippen molar-refractivity contribution in [1.82, 2.24) is 10.2 Å². The molecule has 0 radical (unpaired) electrons. The number of nitrogens with one attached hydrogen (secondary N) is 1. The smallest absolute Gasteiger partial charge is 0.410 e. The van der Waals surface area contributed by atoms with Gasteiger partial charge in [0, 0.05) is 32.1 Å². The zero-order chi connectivity index (χ0) is 14.9. The molecule has 0 atom stereocenters. The van der Waals surface area contributed by atoms with Crippen LogP contribution in [-0.4, -0.2) is 36.7 Å². The maximum atomic E-state index is 12.0. The fraction of sp³-hybridized carbons (Fsp3) is 0.500. The Morgan fingerprint density at radius 1 is 1.33 bits per heavy atom. The summed E-state index contributed by atoms with van der Waals surface area (Å²) in [6.07, 6.45) is 2.10. The van der Waals surface area contributed by atoms with E-state index in [1.54, 1.807) is 4.90 Å². The third kappa shape index (κ3) is 5.09. The van der Waals surface area contributed by atoms with Crippen LogP contribution in [0.15, 0.2) is 30.3 Å². The van der Waals surface area contributed by atoms with Gasteiger partial charge in [-0.15, -0.1) is 0 Å². The third-order valence-corrected chi connectivity index (χ3v) is 3.63. The molecule has 1 fully saturated rings. The Morgan fingerprint density at radius 3 is 2.71 bits per heavy atom. The lowest BCUT2D eigenvalue weighted by atomic mass is 10.1. The van der Waals surface area contributed by atoms with Gasteiger partial charge < -0.3 is 15.0 Å². The number of amides is 1. The first kappa shape index (κ1) is 15.3. The van der Waals surface area contributed by atoms with Gasteiger partial charge in [-0.25, -0.2) is 4.79 Å². The first-order valence-corrected chi connectivity index (χ1v) is 7.35. The summed E-state index contributed by atoms with van der Waals surface area (Å²) in [5, 5.41) is 11.8. The van der Waals surface area contributed by atoms with Gasteiger partial charge in [0.2, 0.25) is 0 Å². The molecule has 1 aromatic carbocycles. The van der Waals surface area contributed by atoms with Crippen LogP contribution in [0.2, 0.25) is 0 Å². The molecule has 1 aliphatic heterocycles. The number of carbonyl (C=O) groups is 1. The summed E-state index contributed by atoms with van der Waals surface area (Å²) < 4.78 is 5.32. The number of hydrogen-bond acceptors (Lipinski definition) is 4.